The largest absolute Gasteiger partial charge is 0.356 e. The molecule has 1 aromatic rings. The van der Waals surface area contributed by atoms with Crippen LogP contribution in [0.15, 0.2) is 24.3 Å². The van der Waals surface area contributed by atoms with Gasteiger partial charge in [0.2, 0.25) is 5.91 Å². The topological polar surface area (TPSA) is 61.4 Å². The number of carbonyl (C=O) groups excluding carboxylic acids is 2. The van der Waals surface area contributed by atoms with Crippen molar-refractivity contribution in [3.63, 3.8) is 0 Å². The van der Waals surface area contributed by atoms with E-state index in [0.29, 0.717) is 30.4 Å². The number of nitrogens with one attached hydrogen (secondary N) is 2. The summed E-state index contributed by atoms with van der Waals surface area (Å²) in [5, 5.41) is 6.43. The van der Waals surface area contributed by atoms with Gasteiger partial charge in [-0.1, -0.05) is 19.1 Å². The van der Waals surface area contributed by atoms with Gasteiger partial charge in [-0.3, -0.25) is 9.59 Å². The Morgan fingerprint density at radius 1 is 1.35 bits per heavy atom. The maximum absolute atomic E-state index is 12.2. The van der Waals surface area contributed by atoms with Crippen molar-refractivity contribution in [3.05, 3.63) is 35.4 Å². The zero-order valence-corrected chi connectivity index (χ0v) is 16.9. The molecular formula is C20H32ClN3O2. The number of piperidine rings is 1. The summed E-state index contributed by atoms with van der Waals surface area (Å²) < 4.78 is 0. The van der Waals surface area contributed by atoms with Crippen LogP contribution >= 0.6 is 12.4 Å². The predicted molar refractivity (Wildman–Crippen MR) is 108 cm³/mol. The van der Waals surface area contributed by atoms with E-state index >= 15 is 0 Å². The molecule has 5 nitrogen and oxygen atoms in total. The van der Waals surface area contributed by atoms with E-state index in [1.165, 1.54) is 12.8 Å². The van der Waals surface area contributed by atoms with Gasteiger partial charge >= 0.3 is 0 Å². The predicted octanol–water partition coefficient (Wildman–Crippen LogP) is 2.49. The molecule has 2 unspecified atom stereocenters. The van der Waals surface area contributed by atoms with E-state index in [4.69, 9.17) is 0 Å². The molecule has 1 aliphatic heterocycles. The van der Waals surface area contributed by atoms with Gasteiger partial charge < -0.3 is 15.5 Å². The van der Waals surface area contributed by atoms with Crippen molar-refractivity contribution in [2.75, 3.05) is 33.7 Å². The monoisotopic (exact) mass is 381 g/mol. The molecule has 0 bridgehead atoms. The maximum Gasteiger partial charge on any atom is 0.253 e. The average Bonchev–Trinajstić information content (AvgIpc) is 2.62. The second-order valence-corrected chi connectivity index (χ2v) is 7.29. The van der Waals surface area contributed by atoms with E-state index in [-0.39, 0.29) is 24.2 Å². The Bertz CT molecular complexity index is 586. The molecule has 1 heterocycles. The standard InChI is InChI=1S/C20H31N3O2.ClH/c1-15(18-8-5-10-21-14-18)12-19(24)22-11-9-16-6-4-7-17(13-16)20(25)23(2)3;/h4,6-7,13,15,18,21H,5,8-12,14H2,1-3H3,(H,22,24);1H. The number of amides is 2. The van der Waals surface area contributed by atoms with Gasteiger partial charge in [-0.25, -0.2) is 0 Å². The van der Waals surface area contributed by atoms with Crippen molar-refractivity contribution < 1.29 is 9.59 Å². The number of benzene rings is 1. The van der Waals surface area contributed by atoms with Gasteiger partial charge in [-0.2, -0.15) is 0 Å². The van der Waals surface area contributed by atoms with Crippen molar-refractivity contribution >= 4 is 24.2 Å². The summed E-state index contributed by atoms with van der Waals surface area (Å²) in [5.41, 5.74) is 1.75. The highest BCUT2D eigenvalue weighted by Gasteiger charge is 2.21. The minimum absolute atomic E-state index is 0. The lowest BCUT2D eigenvalue weighted by atomic mass is 9.85. The molecule has 0 saturated carbocycles. The first kappa shape index (κ1) is 22.5. The summed E-state index contributed by atoms with van der Waals surface area (Å²) in [6.07, 6.45) is 3.75. The average molecular weight is 382 g/mol. The minimum Gasteiger partial charge on any atom is -0.356 e. The van der Waals surface area contributed by atoms with Crippen LogP contribution in [-0.4, -0.2) is 50.4 Å². The normalized spacial score (nSPS) is 17.7. The molecule has 2 amide bonds. The SMILES string of the molecule is CC(CC(=O)NCCc1cccc(C(=O)N(C)C)c1)C1CCCNC1.Cl. The highest BCUT2D eigenvalue weighted by molar-refractivity contribution is 5.94. The molecule has 146 valence electrons. The van der Waals surface area contributed by atoms with Crippen LogP contribution in [0.5, 0.6) is 0 Å². The second-order valence-electron chi connectivity index (χ2n) is 7.29. The van der Waals surface area contributed by atoms with E-state index in [1.807, 2.05) is 24.3 Å². The van der Waals surface area contributed by atoms with E-state index in [2.05, 4.69) is 17.6 Å². The lowest BCUT2D eigenvalue weighted by Gasteiger charge is -2.28. The molecule has 0 aliphatic carbocycles. The zero-order valence-electron chi connectivity index (χ0n) is 16.1. The quantitative estimate of drug-likeness (QED) is 0.762. The third-order valence-corrected chi connectivity index (χ3v) is 4.96. The van der Waals surface area contributed by atoms with Crippen LogP contribution in [0.1, 0.15) is 42.1 Å². The fourth-order valence-corrected chi connectivity index (χ4v) is 3.36. The fraction of sp³-hybridized carbons (Fsp3) is 0.600. The summed E-state index contributed by atoms with van der Waals surface area (Å²) in [5.74, 6) is 1.14. The molecule has 1 fully saturated rings. The molecular weight excluding hydrogens is 350 g/mol. The van der Waals surface area contributed by atoms with Crippen molar-refractivity contribution in [1.29, 1.82) is 0 Å². The molecule has 2 rings (SSSR count). The molecule has 6 heteroatoms. The lowest BCUT2D eigenvalue weighted by molar-refractivity contribution is -0.122. The maximum atomic E-state index is 12.2. The molecule has 1 saturated heterocycles. The van der Waals surface area contributed by atoms with Crippen LogP contribution in [0, 0.1) is 11.8 Å². The van der Waals surface area contributed by atoms with Gasteiger partial charge in [0, 0.05) is 32.6 Å². The Balaban J connectivity index is 0.00000338. The smallest absolute Gasteiger partial charge is 0.253 e. The Morgan fingerprint density at radius 2 is 2.12 bits per heavy atom. The van der Waals surface area contributed by atoms with E-state index in [9.17, 15) is 9.59 Å². The third-order valence-electron chi connectivity index (χ3n) is 4.96. The van der Waals surface area contributed by atoms with Crippen molar-refractivity contribution in [2.45, 2.75) is 32.6 Å². The Morgan fingerprint density at radius 3 is 2.77 bits per heavy atom. The summed E-state index contributed by atoms with van der Waals surface area (Å²) >= 11 is 0. The van der Waals surface area contributed by atoms with Crippen molar-refractivity contribution in [1.82, 2.24) is 15.5 Å². The Hall–Kier alpha value is -1.59. The molecule has 26 heavy (non-hydrogen) atoms. The van der Waals surface area contributed by atoms with Crippen molar-refractivity contribution in [2.24, 2.45) is 11.8 Å². The summed E-state index contributed by atoms with van der Waals surface area (Å²) in [7, 11) is 3.50. The molecule has 1 aromatic carbocycles. The Labute approximate surface area is 163 Å². The number of hydrogen-bond donors (Lipinski definition) is 2. The number of halogens is 1. The van der Waals surface area contributed by atoms with Crippen LogP contribution in [0.4, 0.5) is 0 Å². The van der Waals surface area contributed by atoms with Crippen LogP contribution in [0.3, 0.4) is 0 Å². The van der Waals surface area contributed by atoms with Crippen LogP contribution in [-0.2, 0) is 11.2 Å². The number of hydrogen-bond acceptors (Lipinski definition) is 3. The summed E-state index contributed by atoms with van der Waals surface area (Å²) in [4.78, 5) is 25.7. The minimum atomic E-state index is 0. The number of carbonyl (C=O) groups is 2. The lowest BCUT2D eigenvalue weighted by Crippen LogP contribution is -2.36. The molecule has 2 N–H and O–H groups in total. The van der Waals surface area contributed by atoms with Gasteiger partial charge in [0.1, 0.15) is 0 Å². The molecule has 2 atom stereocenters. The van der Waals surface area contributed by atoms with E-state index < -0.39 is 0 Å². The van der Waals surface area contributed by atoms with Crippen LogP contribution in [0.25, 0.3) is 0 Å². The highest BCUT2D eigenvalue weighted by atomic mass is 35.5. The zero-order chi connectivity index (χ0) is 18.2. The molecule has 0 spiro atoms. The fourth-order valence-electron chi connectivity index (χ4n) is 3.36. The Kier molecular flexibility index (Phi) is 9.66. The van der Waals surface area contributed by atoms with E-state index in [0.717, 1.165) is 25.1 Å². The van der Waals surface area contributed by atoms with Gasteiger partial charge in [0.15, 0.2) is 0 Å². The highest BCUT2D eigenvalue weighted by Crippen LogP contribution is 2.22. The second kappa shape index (κ2) is 11.2. The first-order valence-electron chi connectivity index (χ1n) is 9.25. The van der Waals surface area contributed by atoms with Crippen molar-refractivity contribution in [3.8, 4) is 0 Å². The van der Waals surface area contributed by atoms with E-state index in [1.54, 1.807) is 19.0 Å². The molecule has 1 aliphatic rings. The van der Waals surface area contributed by atoms with Gasteiger partial charge in [0.05, 0.1) is 0 Å². The van der Waals surface area contributed by atoms with Crippen LogP contribution < -0.4 is 10.6 Å². The first-order chi connectivity index (χ1) is 12.0. The summed E-state index contributed by atoms with van der Waals surface area (Å²) in [6, 6.07) is 7.62. The first-order valence-corrected chi connectivity index (χ1v) is 9.25. The molecule has 0 radical (unpaired) electrons. The third kappa shape index (κ3) is 6.96. The summed E-state index contributed by atoms with van der Waals surface area (Å²) in [6.45, 7) is 4.91. The number of rotatable bonds is 7. The van der Waals surface area contributed by atoms with Gasteiger partial charge in [0.25, 0.3) is 5.91 Å². The number of nitrogens with zero attached hydrogens (tertiary/aromatic N) is 1. The van der Waals surface area contributed by atoms with Crippen LogP contribution in [0.2, 0.25) is 0 Å². The van der Waals surface area contributed by atoms with Gasteiger partial charge in [-0.15, -0.1) is 12.4 Å². The molecule has 0 aromatic heterocycles. The van der Waals surface area contributed by atoms with Gasteiger partial charge in [-0.05, 0) is 61.9 Å².